The molecule has 0 aromatic carbocycles. The fourth-order valence-corrected chi connectivity index (χ4v) is 2.32. The summed E-state index contributed by atoms with van der Waals surface area (Å²) in [5, 5.41) is 12.4. The van der Waals surface area contributed by atoms with Crippen LogP contribution in [0.4, 0.5) is 0 Å². The van der Waals surface area contributed by atoms with E-state index in [2.05, 4.69) is 25.2 Å². The molecule has 68 valence electrons. The summed E-state index contributed by atoms with van der Waals surface area (Å²) < 4.78 is 0. The smallest absolute Gasteiger partial charge is 0.0727 e. The van der Waals surface area contributed by atoms with Crippen molar-refractivity contribution in [1.82, 2.24) is 5.32 Å². The Bertz CT molecular complexity index is 202. The maximum atomic E-state index is 9.05. The monoisotopic (exact) mass is 166 g/mol. The summed E-state index contributed by atoms with van der Waals surface area (Å²) in [5.74, 6) is 0. The molecule has 1 N–H and O–H groups in total. The second kappa shape index (κ2) is 3.06. The molecule has 1 rings (SSSR count). The number of hydrogen-bond acceptors (Lipinski definition) is 2. The van der Waals surface area contributed by atoms with E-state index in [1.165, 1.54) is 0 Å². The summed E-state index contributed by atoms with van der Waals surface area (Å²) in [6, 6.07) is 2.44. The molecule has 1 fully saturated rings. The van der Waals surface area contributed by atoms with Gasteiger partial charge in [0, 0.05) is 5.54 Å². The third-order valence-corrected chi connectivity index (χ3v) is 3.51. The summed E-state index contributed by atoms with van der Waals surface area (Å²) in [4.78, 5) is 0. The number of nitriles is 1. The molecule has 0 amide bonds. The Morgan fingerprint density at radius 2 is 2.17 bits per heavy atom. The van der Waals surface area contributed by atoms with Crippen molar-refractivity contribution in [3.05, 3.63) is 0 Å². The van der Waals surface area contributed by atoms with Crippen LogP contribution < -0.4 is 5.32 Å². The number of rotatable bonds is 3. The Morgan fingerprint density at radius 1 is 1.50 bits per heavy atom. The minimum atomic E-state index is -0.127. The summed E-state index contributed by atoms with van der Waals surface area (Å²) >= 11 is 0. The Morgan fingerprint density at radius 3 is 2.42 bits per heavy atom. The molecular weight excluding hydrogens is 148 g/mol. The van der Waals surface area contributed by atoms with Gasteiger partial charge in [-0.15, -0.1) is 0 Å². The van der Waals surface area contributed by atoms with Crippen LogP contribution in [0.25, 0.3) is 0 Å². The molecule has 0 aromatic heterocycles. The Hall–Kier alpha value is -0.550. The lowest BCUT2D eigenvalue weighted by Crippen LogP contribution is -2.62. The van der Waals surface area contributed by atoms with Crippen LogP contribution in [0.1, 0.15) is 39.5 Å². The lowest BCUT2D eigenvalue weighted by Gasteiger charge is -2.54. The Kier molecular flexibility index (Phi) is 2.44. The van der Waals surface area contributed by atoms with E-state index in [1.54, 1.807) is 0 Å². The van der Waals surface area contributed by atoms with Gasteiger partial charge in [-0.3, -0.25) is 0 Å². The van der Waals surface area contributed by atoms with Gasteiger partial charge in [0.15, 0.2) is 0 Å². The van der Waals surface area contributed by atoms with Crippen LogP contribution in [-0.2, 0) is 0 Å². The van der Waals surface area contributed by atoms with Crippen LogP contribution in [0.15, 0.2) is 0 Å². The van der Waals surface area contributed by atoms with Gasteiger partial charge in [0.05, 0.1) is 11.5 Å². The summed E-state index contributed by atoms with van der Waals surface area (Å²) in [6.07, 6.45) is 4.47. The van der Waals surface area contributed by atoms with Crippen molar-refractivity contribution >= 4 is 0 Å². The van der Waals surface area contributed by atoms with Crippen LogP contribution in [0, 0.1) is 16.7 Å². The van der Waals surface area contributed by atoms with Crippen molar-refractivity contribution in [3.63, 3.8) is 0 Å². The van der Waals surface area contributed by atoms with Crippen molar-refractivity contribution in [2.24, 2.45) is 5.41 Å². The molecule has 12 heavy (non-hydrogen) atoms. The highest BCUT2D eigenvalue weighted by Gasteiger charge is 2.54. The minimum absolute atomic E-state index is 0.108. The van der Waals surface area contributed by atoms with Gasteiger partial charge in [0.25, 0.3) is 0 Å². The van der Waals surface area contributed by atoms with Gasteiger partial charge >= 0.3 is 0 Å². The molecule has 1 aliphatic rings. The van der Waals surface area contributed by atoms with Gasteiger partial charge in [0.1, 0.15) is 0 Å². The molecule has 2 atom stereocenters. The molecule has 0 aromatic rings. The molecular formula is C10H18N2. The quantitative estimate of drug-likeness (QED) is 0.696. The topological polar surface area (TPSA) is 35.8 Å². The average Bonchev–Trinajstić information content (AvgIpc) is 2.10. The molecule has 0 aliphatic heterocycles. The lowest BCUT2D eigenvalue weighted by molar-refractivity contribution is 0.0319. The highest BCUT2D eigenvalue weighted by Crippen LogP contribution is 2.51. The first-order valence-corrected chi connectivity index (χ1v) is 4.74. The third-order valence-electron chi connectivity index (χ3n) is 3.51. The fraction of sp³-hybridized carbons (Fsp3) is 0.900. The SMILES string of the molecule is CCCC1(NC)CCC1(C)C#N. The third kappa shape index (κ3) is 1.04. The first-order valence-electron chi connectivity index (χ1n) is 4.74. The van der Waals surface area contributed by atoms with E-state index in [0.29, 0.717) is 0 Å². The van der Waals surface area contributed by atoms with Gasteiger partial charge in [0.2, 0.25) is 0 Å². The molecule has 2 heteroatoms. The molecule has 0 saturated heterocycles. The Balaban J connectivity index is 2.76. The van der Waals surface area contributed by atoms with Crippen molar-refractivity contribution < 1.29 is 0 Å². The number of hydrogen-bond donors (Lipinski definition) is 1. The van der Waals surface area contributed by atoms with Crippen LogP contribution in [-0.4, -0.2) is 12.6 Å². The van der Waals surface area contributed by atoms with Gasteiger partial charge in [-0.1, -0.05) is 13.3 Å². The molecule has 1 aliphatic carbocycles. The lowest BCUT2D eigenvalue weighted by atomic mass is 9.54. The zero-order valence-electron chi connectivity index (χ0n) is 8.28. The molecule has 0 bridgehead atoms. The van der Waals surface area contributed by atoms with Gasteiger partial charge in [-0.05, 0) is 33.2 Å². The minimum Gasteiger partial charge on any atom is -0.313 e. The van der Waals surface area contributed by atoms with Crippen LogP contribution >= 0.6 is 0 Å². The zero-order chi connectivity index (χ0) is 9.24. The van der Waals surface area contributed by atoms with E-state index in [4.69, 9.17) is 5.26 Å². The predicted octanol–water partition coefficient (Wildman–Crippen LogP) is 2.07. The van der Waals surface area contributed by atoms with E-state index >= 15 is 0 Å². The van der Waals surface area contributed by atoms with E-state index in [0.717, 1.165) is 25.7 Å². The van der Waals surface area contributed by atoms with E-state index in [1.807, 2.05) is 7.05 Å². The average molecular weight is 166 g/mol. The first kappa shape index (κ1) is 9.54. The molecule has 1 saturated carbocycles. The van der Waals surface area contributed by atoms with Crippen molar-refractivity contribution in [1.29, 1.82) is 5.26 Å². The summed E-state index contributed by atoms with van der Waals surface area (Å²) in [7, 11) is 1.98. The summed E-state index contributed by atoms with van der Waals surface area (Å²) in [6.45, 7) is 4.25. The molecule has 2 unspecified atom stereocenters. The molecule has 0 spiro atoms. The summed E-state index contributed by atoms with van der Waals surface area (Å²) in [5.41, 5.74) is -0.0196. The standard InChI is InChI=1S/C10H18N2/c1-4-5-10(12-3)7-6-9(10,2)8-11/h12H,4-7H2,1-3H3. The van der Waals surface area contributed by atoms with Gasteiger partial charge in [-0.2, -0.15) is 5.26 Å². The van der Waals surface area contributed by atoms with E-state index in [-0.39, 0.29) is 11.0 Å². The molecule has 0 radical (unpaired) electrons. The van der Waals surface area contributed by atoms with Crippen LogP contribution in [0.3, 0.4) is 0 Å². The van der Waals surface area contributed by atoms with Gasteiger partial charge < -0.3 is 5.32 Å². The van der Waals surface area contributed by atoms with Gasteiger partial charge in [-0.25, -0.2) is 0 Å². The van der Waals surface area contributed by atoms with Crippen molar-refractivity contribution in [2.45, 2.75) is 45.1 Å². The number of nitrogens with zero attached hydrogens (tertiary/aromatic N) is 1. The largest absolute Gasteiger partial charge is 0.313 e. The fourth-order valence-electron chi connectivity index (χ4n) is 2.32. The highest BCUT2D eigenvalue weighted by molar-refractivity contribution is 5.19. The molecule has 0 heterocycles. The van der Waals surface area contributed by atoms with Crippen LogP contribution in [0.2, 0.25) is 0 Å². The van der Waals surface area contributed by atoms with E-state index in [9.17, 15) is 0 Å². The second-order valence-electron chi connectivity index (χ2n) is 4.03. The second-order valence-corrected chi connectivity index (χ2v) is 4.03. The first-order chi connectivity index (χ1) is 5.64. The highest BCUT2D eigenvalue weighted by atomic mass is 15.0. The van der Waals surface area contributed by atoms with Crippen molar-refractivity contribution in [3.8, 4) is 6.07 Å². The predicted molar refractivity (Wildman–Crippen MR) is 49.7 cm³/mol. The normalized spacial score (nSPS) is 40.2. The van der Waals surface area contributed by atoms with Crippen molar-refractivity contribution in [2.75, 3.05) is 7.05 Å². The Labute approximate surface area is 75.0 Å². The van der Waals surface area contributed by atoms with E-state index < -0.39 is 0 Å². The maximum absolute atomic E-state index is 9.05. The maximum Gasteiger partial charge on any atom is 0.0727 e. The zero-order valence-corrected chi connectivity index (χ0v) is 8.28. The van der Waals surface area contributed by atoms with Crippen LogP contribution in [0.5, 0.6) is 0 Å². The molecule has 2 nitrogen and oxygen atoms in total. The number of nitrogens with one attached hydrogen (secondary N) is 1.